The van der Waals surface area contributed by atoms with Crippen LogP contribution >= 0.6 is 0 Å². The van der Waals surface area contributed by atoms with Crippen molar-refractivity contribution < 1.29 is 0 Å². The van der Waals surface area contributed by atoms with E-state index < -0.39 is 8.07 Å². The molecule has 3 aromatic rings. The Morgan fingerprint density at radius 3 is 1.68 bits per heavy atom. The van der Waals surface area contributed by atoms with E-state index in [0.717, 1.165) is 0 Å². The van der Waals surface area contributed by atoms with Crippen LogP contribution in [0.4, 0.5) is 5.69 Å². The lowest BCUT2D eigenvalue weighted by atomic mass is 10.0. The van der Waals surface area contributed by atoms with Crippen molar-refractivity contribution in [2.45, 2.75) is 50.1 Å². The summed E-state index contributed by atoms with van der Waals surface area (Å²) in [6.07, 6.45) is 0. The first-order valence-electron chi connectivity index (χ1n) is 10.3. The van der Waals surface area contributed by atoms with Crippen LogP contribution < -0.4 is 4.90 Å². The maximum atomic E-state index is 2.70. The van der Waals surface area contributed by atoms with Crippen LogP contribution in [0.25, 0.3) is 0 Å². The van der Waals surface area contributed by atoms with Crippen LogP contribution in [0.5, 0.6) is 0 Å². The molecule has 1 saturated heterocycles. The minimum atomic E-state index is -1.83. The molecule has 0 amide bonds. The van der Waals surface area contributed by atoms with Crippen molar-refractivity contribution in [3.05, 3.63) is 102 Å². The molecule has 4 rings (SSSR count). The van der Waals surface area contributed by atoms with E-state index in [0.29, 0.717) is 6.04 Å². The number of rotatable bonds is 4. The van der Waals surface area contributed by atoms with Crippen LogP contribution in [0.15, 0.2) is 91.0 Å². The zero-order valence-electron chi connectivity index (χ0n) is 17.7. The van der Waals surface area contributed by atoms with E-state index in [1.165, 1.54) is 16.8 Å². The third-order valence-electron chi connectivity index (χ3n) is 7.16. The number of anilines is 1. The quantitative estimate of drug-likeness (QED) is 0.339. The molecule has 1 aliphatic rings. The van der Waals surface area contributed by atoms with E-state index in [-0.39, 0.29) is 10.2 Å². The third-order valence-corrected chi connectivity index (χ3v) is 13.6. The molecule has 2 heteroatoms. The molecular weight excluding hydrogens is 354 g/mol. The van der Waals surface area contributed by atoms with Crippen LogP contribution in [0.3, 0.4) is 0 Å². The van der Waals surface area contributed by atoms with Gasteiger partial charge < -0.3 is 4.90 Å². The summed E-state index contributed by atoms with van der Waals surface area (Å²) in [5.74, 6) is 0. The molecule has 0 spiro atoms. The number of hydrogen-bond acceptors (Lipinski definition) is 1. The van der Waals surface area contributed by atoms with E-state index in [1.54, 1.807) is 0 Å². The topological polar surface area (TPSA) is 3.01 Å². The molecule has 0 aromatic heterocycles. The van der Waals surface area contributed by atoms with Crippen LogP contribution in [-0.2, 0) is 5.16 Å². The van der Waals surface area contributed by atoms with Crippen molar-refractivity contribution in [3.8, 4) is 0 Å². The van der Waals surface area contributed by atoms with Gasteiger partial charge in [0.2, 0.25) is 0 Å². The summed E-state index contributed by atoms with van der Waals surface area (Å²) in [6, 6.07) is 33.7. The Morgan fingerprint density at radius 2 is 1.18 bits per heavy atom. The lowest BCUT2D eigenvalue weighted by Gasteiger charge is -2.44. The van der Waals surface area contributed by atoms with E-state index in [2.05, 4.69) is 130 Å². The summed E-state index contributed by atoms with van der Waals surface area (Å²) in [5, 5.41) is 0.300. The molecule has 0 unspecified atom stereocenters. The Balaban J connectivity index is 2.00. The molecule has 1 heterocycles. The highest BCUT2D eigenvalue weighted by Crippen LogP contribution is 2.69. The van der Waals surface area contributed by atoms with Crippen molar-refractivity contribution in [2.24, 2.45) is 0 Å². The summed E-state index contributed by atoms with van der Waals surface area (Å²) < 4.78 is 0. The summed E-state index contributed by atoms with van der Waals surface area (Å²) in [6.45, 7) is 12.5. The van der Waals surface area contributed by atoms with Crippen molar-refractivity contribution >= 4 is 13.8 Å². The van der Waals surface area contributed by atoms with E-state index in [1.807, 2.05) is 0 Å². The number of benzene rings is 3. The van der Waals surface area contributed by atoms with Gasteiger partial charge in [0.15, 0.2) is 0 Å². The minimum Gasteiger partial charge on any atom is -0.353 e. The Bertz CT molecular complexity index is 881. The zero-order chi connectivity index (χ0) is 20.0. The second-order valence-electron chi connectivity index (χ2n) is 9.53. The highest BCUT2D eigenvalue weighted by Gasteiger charge is 2.73. The van der Waals surface area contributed by atoms with Gasteiger partial charge in [-0.05, 0) is 28.3 Å². The largest absolute Gasteiger partial charge is 0.353 e. The number of para-hydroxylation sites is 1. The molecule has 2 atom stereocenters. The van der Waals surface area contributed by atoms with Gasteiger partial charge in [-0.25, -0.2) is 0 Å². The Labute approximate surface area is 171 Å². The lowest BCUT2D eigenvalue weighted by molar-refractivity contribution is 0.675. The third kappa shape index (κ3) is 2.66. The second-order valence-corrected chi connectivity index (χ2v) is 15.0. The van der Waals surface area contributed by atoms with E-state index in [9.17, 15) is 0 Å². The van der Waals surface area contributed by atoms with Gasteiger partial charge in [0, 0.05) is 5.69 Å². The molecule has 28 heavy (non-hydrogen) atoms. The number of hydrogen-bond donors (Lipinski definition) is 0. The molecule has 0 N–H and O–H groups in total. The molecular formula is C26H31NSi. The molecule has 0 bridgehead atoms. The molecule has 3 aromatic carbocycles. The fourth-order valence-electron chi connectivity index (χ4n) is 4.82. The zero-order valence-corrected chi connectivity index (χ0v) is 18.7. The van der Waals surface area contributed by atoms with Crippen molar-refractivity contribution in [1.82, 2.24) is 0 Å². The maximum absolute atomic E-state index is 2.70. The Kier molecular flexibility index (Phi) is 4.50. The fraction of sp³-hybridized carbons (Fsp3) is 0.308. The summed E-state index contributed by atoms with van der Waals surface area (Å²) >= 11 is 0. The summed E-state index contributed by atoms with van der Waals surface area (Å²) in [4.78, 5) is 2.70. The predicted octanol–water partition coefficient (Wildman–Crippen LogP) is 7.19. The molecule has 1 aliphatic heterocycles. The minimum absolute atomic E-state index is 0.0369. The first-order chi connectivity index (χ1) is 13.3. The van der Waals surface area contributed by atoms with Crippen molar-refractivity contribution in [3.63, 3.8) is 0 Å². The average Bonchev–Trinajstić information content (AvgIpc) is 3.41. The van der Waals surface area contributed by atoms with Gasteiger partial charge in [-0.15, -0.1) is 0 Å². The summed E-state index contributed by atoms with van der Waals surface area (Å²) in [7, 11) is -1.83. The fourth-order valence-corrected chi connectivity index (χ4v) is 8.63. The molecule has 0 aliphatic carbocycles. The average molecular weight is 386 g/mol. The second kappa shape index (κ2) is 6.63. The van der Waals surface area contributed by atoms with Crippen LogP contribution in [0.1, 0.15) is 37.9 Å². The van der Waals surface area contributed by atoms with Crippen LogP contribution in [0.2, 0.25) is 18.1 Å². The molecule has 0 saturated carbocycles. The van der Waals surface area contributed by atoms with Gasteiger partial charge in [-0.2, -0.15) is 0 Å². The van der Waals surface area contributed by atoms with Gasteiger partial charge in [-0.3, -0.25) is 0 Å². The Morgan fingerprint density at radius 1 is 0.714 bits per heavy atom. The SMILES string of the molecule is CC(C)(C)[Si](C)(C)[C@@]1(c2ccccc2)[C@@H](c2ccccc2)N1c1ccccc1. The monoisotopic (exact) mass is 385 g/mol. The van der Waals surface area contributed by atoms with E-state index in [4.69, 9.17) is 0 Å². The molecule has 1 nitrogen and oxygen atoms in total. The van der Waals surface area contributed by atoms with Crippen molar-refractivity contribution in [2.75, 3.05) is 4.90 Å². The lowest BCUT2D eigenvalue weighted by Crippen LogP contribution is -2.53. The first kappa shape index (κ1) is 19.0. The highest BCUT2D eigenvalue weighted by atomic mass is 28.3. The van der Waals surface area contributed by atoms with Crippen molar-refractivity contribution in [1.29, 1.82) is 0 Å². The van der Waals surface area contributed by atoms with Gasteiger partial charge in [0.05, 0.1) is 19.3 Å². The predicted molar refractivity (Wildman–Crippen MR) is 123 cm³/mol. The molecule has 0 radical (unpaired) electrons. The normalized spacial score (nSPS) is 22.2. The van der Waals surface area contributed by atoms with Crippen LogP contribution in [-0.4, -0.2) is 8.07 Å². The van der Waals surface area contributed by atoms with Gasteiger partial charge in [-0.1, -0.05) is 113 Å². The maximum Gasteiger partial charge on any atom is 0.0916 e. The highest BCUT2D eigenvalue weighted by molar-refractivity contribution is 6.84. The molecule has 144 valence electrons. The first-order valence-corrected chi connectivity index (χ1v) is 13.3. The molecule has 1 fully saturated rings. The number of nitrogens with zero attached hydrogens (tertiary/aromatic N) is 1. The smallest absolute Gasteiger partial charge is 0.0916 e. The van der Waals surface area contributed by atoms with Gasteiger partial charge >= 0.3 is 0 Å². The van der Waals surface area contributed by atoms with E-state index >= 15 is 0 Å². The Hall–Kier alpha value is -2.32. The van der Waals surface area contributed by atoms with Gasteiger partial charge in [0.1, 0.15) is 0 Å². The summed E-state index contributed by atoms with van der Waals surface area (Å²) in [5.41, 5.74) is 4.20. The van der Waals surface area contributed by atoms with Crippen LogP contribution in [0, 0.1) is 0 Å². The standard InChI is InChI=1S/C26H31NSi/c1-25(2,3)28(4,5)26(22-17-11-7-12-18-22)24(21-15-9-6-10-16-21)27(26)23-19-13-8-14-20-23/h6-20,24H,1-5H3/t24-,26+,27?/m1/s1. The van der Waals surface area contributed by atoms with Gasteiger partial charge in [0.25, 0.3) is 0 Å².